The van der Waals surface area contributed by atoms with Crippen LogP contribution >= 0.6 is 0 Å². The Labute approximate surface area is 117 Å². The Morgan fingerprint density at radius 1 is 1.38 bits per heavy atom. The highest BCUT2D eigenvalue weighted by atomic mass is 19.1. The van der Waals surface area contributed by atoms with Crippen LogP contribution in [0.4, 0.5) is 14.9 Å². The molecule has 1 aliphatic heterocycles. The zero-order chi connectivity index (χ0) is 15.6. The van der Waals surface area contributed by atoms with E-state index in [2.05, 4.69) is 10.6 Å². The number of nitrogens with one attached hydrogen (secondary N) is 2. The number of hydrogen-bond donors (Lipinski definition) is 3. The third-order valence-corrected chi connectivity index (χ3v) is 2.72. The Morgan fingerprint density at radius 2 is 2.10 bits per heavy atom. The summed E-state index contributed by atoms with van der Waals surface area (Å²) in [6.07, 6.45) is 0. The van der Waals surface area contributed by atoms with Crippen LogP contribution in [0.15, 0.2) is 18.2 Å². The highest BCUT2D eigenvalue weighted by Crippen LogP contribution is 2.15. The maximum Gasteiger partial charge on any atom is 0.338 e. The number of carboxylic acid groups (broad SMARTS) is 1. The fraction of sp³-hybridized carbons (Fsp3) is 0.167. The third kappa shape index (κ3) is 3.14. The number of halogens is 1. The molecule has 1 heterocycles. The summed E-state index contributed by atoms with van der Waals surface area (Å²) in [4.78, 5) is 45.7. The predicted molar refractivity (Wildman–Crippen MR) is 67.1 cm³/mol. The molecule has 0 spiro atoms. The molecule has 1 aliphatic rings. The summed E-state index contributed by atoms with van der Waals surface area (Å²) in [6.45, 7) is -0.684. The zero-order valence-corrected chi connectivity index (χ0v) is 10.6. The first kappa shape index (κ1) is 14.4. The molecule has 21 heavy (non-hydrogen) atoms. The number of hydrogen-bond acceptors (Lipinski definition) is 4. The van der Waals surface area contributed by atoms with Gasteiger partial charge in [0.2, 0.25) is 5.91 Å². The van der Waals surface area contributed by atoms with Crippen molar-refractivity contribution >= 4 is 29.5 Å². The van der Waals surface area contributed by atoms with Crippen molar-refractivity contribution in [3.63, 3.8) is 0 Å². The first-order valence-corrected chi connectivity index (χ1v) is 5.79. The molecule has 0 aliphatic carbocycles. The third-order valence-electron chi connectivity index (χ3n) is 2.72. The Kier molecular flexibility index (Phi) is 3.83. The molecule has 1 aromatic rings. The molecule has 0 aromatic heterocycles. The van der Waals surface area contributed by atoms with Gasteiger partial charge in [-0.2, -0.15) is 0 Å². The van der Waals surface area contributed by atoms with Crippen LogP contribution in [0.1, 0.15) is 10.4 Å². The van der Waals surface area contributed by atoms with Gasteiger partial charge in [0.25, 0.3) is 5.91 Å². The minimum Gasteiger partial charge on any atom is -0.478 e. The van der Waals surface area contributed by atoms with Gasteiger partial charge >= 0.3 is 12.0 Å². The molecule has 8 nitrogen and oxygen atoms in total. The number of carbonyl (C=O) groups excluding carboxylic acids is 3. The molecule has 110 valence electrons. The van der Waals surface area contributed by atoms with E-state index in [0.717, 1.165) is 17.0 Å². The summed E-state index contributed by atoms with van der Waals surface area (Å²) in [7, 11) is 0. The number of benzene rings is 1. The van der Waals surface area contributed by atoms with Crippen LogP contribution in [0.5, 0.6) is 0 Å². The van der Waals surface area contributed by atoms with Gasteiger partial charge in [0, 0.05) is 5.69 Å². The molecule has 1 fully saturated rings. The SMILES string of the molecule is O=C(CN1C(=O)CNC1=O)Nc1ccc(F)c(C(=O)O)c1. The normalized spacial score (nSPS) is 14.0. The number of nitrogens with zero attached hydrogens (tertiary/aromatic N) is 1. The van der Waals surface area contributed by atoms with E-state index >= 15 is 0 Å². The van der Waals surface area contributed by atoms with Crippen LogP contribution in [0.25, 0.3) is 0 Å². The minimum atomic E-state index is -1.47. The average molecular weight is 295 g/mol. The van der Waals surface area contributed by atoms with E-state index in [1.165, 1.54) is 6.07 Å². The number of imide groups is 1. The maximum atomic E-state index is 13.2. The smallest absolute Gasteiger partial charge is 0.338 e. The molecule has 0 saturated carbocycles. The van der Waals surface area contributed by atoms with E-state index in [0.29, 0.717) is 0 Å². The van der Waals surface area contributed by atoms with E-state index in [9.17, 15) is 23.6 Å². The Bertz CT molecular complexity index is 630. The zero-order valence-electron chi connectivity index (χ0n) is 10.6. The molecule has 9 heteroatoms. The van der Waals surface area contributed by atoms with Crippen molar-refractivity contribution < 1.29 is 28.7 Å². The summed E-state index contributed by atoms with van der Waals surface area (Å²) >= 11 is 0. The van der Waals surface area contributed by atoms with E-state index in [1.54, 1.807) is 0 Å². The lowest BCUT2D eigenvalue weighted by Gasteiger charge is -2.12. The molecule has 3 N–H and O–H groups in total. The number of urea groups is 1. The van der Waals surface area contributed by atoms with Gasteiger partial charge in [0.15, 0.2) is 0 Å². The van der Waals surface area contributed by atoms with Crippen molar-refractivity contribution in [2.45, 2.75) is 0 Å². The molecular formula is C12H10FN3O5. The van der Waals surface area contributed by atoms with Gasteiger partial charge in [-0.1, -0.05) is 0 Å². The van der Waals surface area contributed by atoms with Crippen molar-refractivity contribution in [1.29, 1.82) is 0 Å². The number of carbonyl (C=O) groups is 4. The lowest BCUT2D eigenvalue weighted by atomic mass is 10.2. The van der Waals surface area contributed by atoms with Crippen molar-refractivity contribution in [3.05, 3.63) is 29.6 Å². The highest BCUT2D eigenvalue weighted by Gasteiger charge is 2.30. The predicted octanol–water partition coefficient (Wildman–Crippen LogP) is 0.0142. The summed E-state index contributed by atoms with van der Waals surface area (Å²) in [6, 6.07) is 2.33. The van der Waals surface area contributed by atoms with Gasteiger partial charge in [0.1, 0.15) is 12.4 Å². The largest absolute Gasteiger partial charge is 0.478 e. The van der Waals surface area contributed by atoms with Crippen molar-refractivity contribution in [3.8, 4) is 0 Å². The van der Waals surface area contributed by atoms with E-state index in [-0.39, 0.29) is 12.2 Å². The number of anilines is 1. The second-order valence-corrected chi connectivity index (χ2v) is 4.19. The van der Waals surface area contributed by atoms with E-state index in [1.807, 2.05) is 0 Å². The summed E-state index contributed by atoms with van der Waals surface area (Å²) in [5.41, 5.74) is -0.548. The van der Waals surface area contributed by atoms with Crippen molar-refractivity contribution in [2.75, 3.05) is 18.4 Å². The highest BCUT2D eigenvalue weighted by molar-refractivity contribution is 6.06. The molecule has 1 aromatic carbocycles. The lowest BCUT2D eigenvalue weighted by Crippen LogP contribution is -2.38. The topological polar surface area (TPSA) is 116 Å². The minimum absolute atomic E-state index is 0.0471. The van der Waals surface area contributed by atoms with Crippen LogP contribution in [-0.4, -0.2) is 46.9 Å². The van der Waals surface area contributed by atoms with Crippen LogP contribution in [0.3, 0.4) is 0 Å². The van der Waals surface area contributed by atoms with Gasteiger partial charge in [0.05, 0.1) is 12.1 Å². The molecule has 0 atom stereocenters. The number of rotatable bonds is 4. The quantitative estimate of drug-likeness (QED) is 0.677. The number of carboxylic acids is 1. The molecular weight excluding hydrogens is 285 g/mol. The monoisotopic (exact) mass is 295 g/mol. The molecule has 1 saturated heterocycles. The molecule has 0 radical (unpaired) electrons. The van der Waals surface area contributed by atoms with Crippen LogP contribution < -0.4 is 10.6 Å². The van der Waals surface area contributed by atoms with Crippen molar-refractivity contribution in [1.82, 2.24) is 10.2 Å². The average Bonchev–Trinajstić information content (AvgIpc) is 2.72. The molecule has 0 bridgehead atoms. The standard InChI is InChI=1S/C12H10FN3O5/c13-8-2-1-6(3-7(8)11(19)20)15-9(17)5-16-10(18)4-14-12(16)21/h1-3H,4-5H2,(H,14,21)(H,15,17)(H,19,20). The maximum absolute atomic E-state index is 13.2. The summed E-state index contributed by atoms with van der Waals surface area (Å²) < 4.78 is 13.2. The number of amides is 4. The first-order valence-electron chi connectivity index (χ1n) is 5.79. The Hall–Kier alpha value is -2.97. The van der Waals surface area contributed by atoms with Gasteiger partial charge in [-0.15, -0.1) is 0 Å². The van der Waals surface area contributed by atoms with Crippen LogP contribution in [-0.2, 0) is 9.59 Å². The van der Waals surface area contributed by atoms with Crippen molar-refractivity contribution in [2.24, 2.45) is 0 Å². The number of aromatic carboxylic acids is 1. The van der Waals surface area contributed by atoms with Gasteiger partial charge in [-0.3, -0.25) is 14.5 Å². The van der Waals surface area contributed by atoms with E-state index in [4.69, 9.17) is 5.11 Å². The molecule has 2 rings (SSSR count). The second kappa shape index (κ2) is 5.57. The van der Waals surface area contributed by atoms with Gasteiger partial charge < -0.3 is 15.7 Å². The van der Waals surface area contributed by atoms with Gasteiger partial charge in [-0.05, 0) is 18.2 Å². The fourth-order valence-corrected chi connectivity index (χ4v) is 1.73. The Morgan fingerprint density at radius 3 is 2.67 bits per heavy atom. The first-order chi connectivity index (χ1) is 9.88. The lowest BCUT2D eigenvalue weighted by molar-refractivity contribution is -0.128. The fourth-order valence-electron chi connectivity index (χ4n) is 1.73. The second-order valence-electron chi connectivity index (χ2n) is 4.19. The molecule has 0 unspecified atom stereocenters. The Balaban J connectivity index is 2.06. The summed E-state index contributed by atoms with van der Waals surface area (Å²) in [5.74, 6) is -3.66. The molecule has 4 amide bonds. The van der Waals surface area contributed by atoms with Crippen LogP contribution in [0, 0.1) is 5.82 Å². The summed E-state index contributed by atoms with van der Waals surface area (Å²) in [5, 5.41) is 13.3. The van der Waals surface area contributed by atoms with Crippen LogP contribution in [0.2, 0.25) is 0 Å². The van der Waals surface area contributed by atoms with Gasteiger partial charge in [-0.25, -0.2) is 14.0 Å². The van der Waals surface area contributed by atoms with E-state index < -0.39 is 41.7 Å².